The number of rotatable bonds is 5. The number of alkyl halides is 2. The van der Waals surface area contributed by atoms with Gasteiger partial charge in [0.2, 0.25) is 5.95 Å². The molecule has 4 rings (SSSR count). The number of benzene rings is 1. The average molecular weight is 492 g/mol. The van der Waals surface area contributed by atoms with Gasteiger partial charge >= 0.3 is 5.97 Å². The number of carbonyl (C=O) groups is 1. The molecule has 1 atom stereocenters. The van der Waals surface area contributed by atoms with E-state index in [4.69, 9.17) is 16.6 Å². The fourth-order valence-electron chi connectivity index (χ4n) is 4.21. The van der Waals surface area contributed by atoms with Gasteiger partial charge in [-0.05, 0) is 37.6 Å². The van der Waals surface area contributed by atoms with Gasteiger partial charge in [0.15, 0.2) is 5.69 Å². The number of nitrogens with one attached hydrogen (secondary N) is 1. The summed E-state index contributed by atoms with van der Waals surface area (Å²) < 4.78 is 28.8. The van der Waals surface area contributed by atoms with Crippen molar-refractivity contribution in [2.75, 3.05) is 23.3 Å². The highest BCUT2D eigenvalue weighted by molar-refractivity contribution is 6.29. The number of halogens is 3. The number of pyridine rings is 1. The normalized spacial score (nSPS) is 16.5. The summed E-state index contributed by atoms with van der Waals surface area (Å²) in [5, 5.41) is 13.1. The highest BCUT2D eigenvalue weighted by atomic mass is 35.5. The topological polar surface area (TPSA) is 100 Å². The molecule has 0 radical (unpaired) electrons. The Morgan fingerprint density at radius 1 is 1.24 bits per heavy atom. The second kappa shape index (κ2) is 8.83. The van der Waals surface area contributed by atoms with E-state index in [-0.39, 0.29) is 48.0 Å². The number of anilines is 2. The van der Waals surface area contributed by atoms with E-state index < -0.39 is 17.9 Å². The van der Waals surface area contributed by atoms with Crippen molar-refractivity contribution in [3.63, 3.8) is 0 Å². The molecule has 1 aromatic carbocycles. The molecule has 0 saturated carbocycles. The average Bonchev–Trinajstić information content (AvgIpc) is 2.77. The summed E-state index contributed by atoms with van der Waals surface area (Å²) in [6, 6.07) is 6.15. The minimum absolute atomic E-state index is 0.0542. The lowest BCUT2D eigenvalue weighted by atomic mass is 10.0. The van der Waals surface area contributed by atoms with E-state index in [1.807, 2.05) is 19.9 Å². The molecule has 0 unspecified atom stereocenters. The molecule has 0 amide bonds. The fourth-order valence-corrected chi connectivity index (χ4v) is 4.36. The van der Waals surface area contributed by atoms with Crippen LogP contribution in [0.3, 0.4) is 0 Å². The first kappa shape index (κ1) is 23.9. The Morgan fingerprint density at radius 3 is 2.56 bits per heavy atom. The number of aromatic carboxylic acids is 1. The van der Waals surface area contributed by atoms with Gasteiger partial charge in [0, 0.05) is 38.5 Å². The summed E-state index contributed by atoms with van der Waals surface area (Å²) >= 11 is 5.85. The molecule has 1 aliphatic rings. The van der Waals surface area contributed by atoms with Crippen LogP contribution in [0.1, 0.15) is 47.4 Å². The Hall–Kier alpha value is -3.27. The van der Waals surface area contributed by atoms with E-state index in [0.29, 0.717) is 22.4 Å². The molecule has 0 bridgehead atoms. The molecule has 1 aliphatic heterocycles. The SMILES string of the molecule is Cc1cc([C@@H](C)Nc2ccc(Cl)nc2C(=O)O)c2nc(N3CCC(F)(F)CC3)n(C)c(=O)c2c1. The zero-order valence-electron chi connectivity index (χ0n) is 18.9. The summed E-state index contributed by atoms with van der Waals surface area (Å²) in [6.07, 6.45) is -0.609. The van der Waals surface area contributed by atoms with Crippen molar-refractivity contribution in [1.82, 2.24) is 14.5 Å². The number of aryl methyl sites for hydroxylation is 1. The van der Waals surface area contributed by atoms with Crippen molar-refractivity contribution in [3.8, 4) is 0 Å². The molecule has 1 saturated heterocycles. The van der Waals surface area contributed by atoms with Crippen LogP contribution in [0, 0.1) is 6.92 Å². The van der Waals surface area contributed by atoms with Crippen LogP contribution in [0.15, 0.2) is 29.1 Å². The lowest BCUT2D eigenvalue weighted by Gasteiger charge is -2.33. The van der Waals surface area contributed by atoms with Crippen molar-refractivity contribution >= 4 is 40.1 Å². The first-order chi connectivity index (χ1) is 16.0. The number of aromatic nitrogens is 3. The van der Waals surface area contributed by atoms with Crippen molar-refractivity contribution in [2.24, 2.45) is 7.05 Å². The minimum Gasteiger partial charge on any atom is -0.476 e. The number of carboxylic acid groups (broad SMARTS) is 1. The van der Waals surface area contributed by atoms with Crippen molar-refractivity contribution in [1.29, 1.82) is 0 Å². The van der Waals surface area contributed by atoms with Gasteiger partial charge in [0.05, 0.1) is 22.6 Å². The van der Waals surface area contributed by atoms with E-state index in [0.717, 1.165) is 5.56 Å². The first-order valence-electron chi connectivity index (χ1n) is 10.8. The van der Waals surface area contributed by atoms with Crippen LogP contribution in [-0.4, -0.2) is 44.6 Å². The first-order valence-corrected chi connectivity index (χ1v) is 11.1. The van der Waals surface area contributed by atoms with Gasteiger partial charge in [-0.25, -0.2) is 23.5 Å². The summed E-state index contributed by atoms with van der Waals surface area (Å²) in [5.74, 6) is -3.63. The Labute approximate surface area is 199 Å². The molecule has 34 heavy (non-hydrogen) atoms. The molecule has 0 aliphatic carbocycles. The molecule has 180 valence electrons. The van der Waals surface area contributed by atoms with Crippen LogP contribution in [0.25, 0.3) is 10.9 Å². The zero-order chi connectivity index (χ0) is 24.8. The van der Waals surface area contributed by atoms with Gasteiger partial charge in [-0.15, -0.1) is 0 Å². The Morgan fingerprint density at radius 2 is 1.91 bits per heavy atom. The van der Waals surface area contributed by atoms with Crippen LogP contribution < -0.4 is 15.8 Å². The Bertz CT molecular complexity index is 1330. The summed E-state index contributed by atoms with van der Waals surface area (Å²) in [6.45, 7) is 3.84. The molecule has 0 spiro atoms. The lowest BCUT2D eigenvalue weighted by molar-refractivity contribution is -0.0223. The second-order valence-electron chi connectivity index (χ2n) is 8.57. The molecule has 3 aromatic rings. The zero-order valence-corrected chi connectivity index (χ0v) is 19.7. The summed E-state index contributed by atoms with van der Waals surface area (Å²) in [7, 11) is 1.58. The quantitative estimate of drug-likeness (QED) is 0.510. The van der Waals surface area contributed by atoms with Gasteiger partial charge in [0.1, 0.15) is 5.15 Å². The summed E-state index contributed by atoms with van der Waals surface area (Å²) in [5.41, 5.74) is 1.68. The number of piperidine rings is 1. The monoisotopic (exact) mass is 491 g/mol. The van der Waals surface area contributed by atoms with Crippen molar-refractivity contribution in [2.45, 2.75) is 38.7 Å². The Kier molecular flexibility index (Phi) is 6.20. The number of hydrogen-bond acceptors (Lipinski definition) is 6. The summed E-state index contributed by atoms with van der Waals surface area (Å²) in [4.78, 5) is 35.2. The van der Waals surface area contributed by atoms with Gasteiger partial charge < -0.3 is 15.3 Å². The largest absolute Gasteiger partial charge is 0.476 e. The van der Waals surface area contributed by atoms with Gasteiger partial charge in [-0.3, -0.25) is 9.36 Å². The van der Waals surface area contributed by atoms with E-state index in [9.17, 15) is 23.5 Å². The predicted molar refractivity (Wildman–Crippen MR) is 126 cm³/mol. The van der Waals surface area contributed by atoms with Crippen LogP contribution >= 0.6 is 11.6 Å². The molecule has 11 heteroatoms. The van der Waals surface area contributed by atoms with Crippen LogP contribution in [0.2, 0.25) is 5.15 Å². The molecular formula is C23H24ClF2N5O3. The third-order valence-corrected chi connectivity index (χ3v) is 6.22. The molecule has 2 aromatic heterocycles. The number of nitrogens with zero attached hydrogens (tertiary/aromatic N) is 4. The second-order valence-corrected chi connectivity index (χ2v) is 8.96. The minimum atomic E-state index is -2.72. The van der Waals surface area contributed by atoms with Crippen LogP contribution in [-0.2, 0) is 7.05 Å². The van der Waals surface area contributed by atoms with Crippen LogP contribution in [0.4, 0.5) is 20.4 Å². The molecule has 2 N–H and O–H groups in total. The predicted octanol–water partition coefficient (Wildman–Crippen LogP) is 4.40. The third kappa shape index (κ3) is 4.54. The van der Waals surface area contributed by atoms with E-state index >= 15 is 0 Å². The number of carboxylic acids is 1. The van der Waals surface area contributed by atoms with Gasteiger partial charge in [-0.1, -0.05) is 17.7 Å². The maximum Gasteiger partial charge on any atom is 0.356 e. The van der Waals surface area contributed by atoms with E-state index in [1.54, 1.807) is 18.0 Å². The molecule has 3 heterocycles. The lowest BCUT2D eigenvalue weighted by Crippen LogP contribution is -2.42. The van der Waals surface area contributed by atoms with Gasteiger partial charge in [-0.2, -0.15) is 0 Å². The third-order valence-electron chi connectivity index (χ3n) is 6.01. The van der Waals surface area contributed by atoms with Gasteiger partial charge in [0.25, 0.3) is 11.5 Å². The molecule has 8 nitrogen and oxygen atoms in total. The van der Waals surface area contributed by atoms with Crippen molar-refractivity contribution < 1.29 is 18.7 Å². The van der Waals surface area contributed by atoms with E-state index in [1.165, 1.54) is 16.7 Å². The standard InChI is InChI=1S/C23H24ClF2N5O3/c1-12-10-14(13(2)27-16-4-5-17(24)28-19(16)21(33)34)18-15(11-12)20(32)30(3)22(29-18)31-8-6-23(25,26)7-9-31/h4-5,10-11,13,27H,6-9H2,1-3H3,(H,33,34)/t13-/m1/s1. The fraction of sp³-hybridized carbons (Fsp3) is 0.391. The van der Waals surface area contributed by atoms with Crippen molar-refractivity contribution in [3.05, 3.63) is 56.6 Å². The number of fused-ring (bicyclic) bond motifs is 1. The van der Waals surface area contributed by atoms with Crippen LogP contribution in [0.5, 0.6) is 0 Å². The highest BCUT2D eigenvalue weighted by Crippen LogP contribution is 2.32. The maximum absolute atomic E-state index is 13.7. The smallest absolute Gasteiger partial charge is 0.356 e. The maximum atomic E-state index is 13.7. The Balaban J connectivity index is 1.79. The highest BCUT2D eigenvalue weighted by Gasteiger charge is 2.35. The van der Waals surface area contributed by atoms with E-state index in [2.05, 4.69) is 10.3 Å². The number of hydrogen-bond donors (Lipinski definition) is 2. The molecular weight excluding hydrogens is 468 g/mol. The molecule has 1 fully saturated rings.